The summed E-state index contributed by atoms with van der Waals surface area (Å²) in [7, 11) is 4.85. The number of hydrogen-bond acceptors (Lipinski definition) is 5. The Bertz CT molecular complexity index is 1070. The molecule has 0 amide bonds. The highest BCUT2D eigenvalue weighted by atomic mass is 32.1. The third kappa shape index (κ3) is 3.23. The van der Waals surface area contributed by atoms with Crippen molar-refractivity contribution in [2.24, 2.45) is 0 Å². The predicted octanol–water partition coefficient (Wildman–Crippen LogP) is 5.50. The van der Waals surface area contributed by atoms with Crippen LogP contribution >= 0.6 is 11.3 Å². The zero-order valence-electron chi connectivity index (χ0n) is 15.9. The minimum Gasteiger partial charge on any atom is -0.496 e. The number of thiophene rings is 1. The molecule has 0 fully saturated rings. The van der Waals surface area contributed by atoms with Crippen molar-refractivity contribution in [1.29, 1.82) is 0 Å². The van der Waals surface area contributed by atoms with Gasteiger partial charge in [-0.1, -0.05) is 36.4 Å². The molecular weight excluding hydrogens is 372 g/mol. The van der Waals surface area contributed by atoms with Gasteiger partial charge in [-0.15, -0.1) is 11.3 Å². The largest absolute Gasteiger partial charge is 0.496 e. The normalized spacial score (nSPS) is 10.7. The first-order valence-corrected chi connectivity index (χ1v) is 9.62. The Balaban J connectivity index is 1.92. The van der Waals surface area contributed by atoms with Gasteiger partial charge < -0.3 is 19.2 Å². The molecule has 28 heavy (non-hydrogen) atoms. The molecule has 0 atom stereocenters. The molecule has 0 spiro atoms. The monoisotopic (exact) mass is 392 g/mol. The Morgan fingerprint density at radius 2 is 1.54 bits per heavy atom. The lowest BCUT2D eigenvalue weighted by atomic mass is 10.1. The second-order valence-electron chi connectivity index (χ2n) is 6.06. The van der Waals surface area contributed by atoms with Gasteiger partial charge in [-0.05, 0) is 17.5 Å². The molecule has 4 rings (SSSR count). The number of aromatic amines is 1. The number of rotatable bonds is 6. The number of hydrogen-bond donors (Lipinski definition) is 1. The van der Waals surface area contributed by atoms with Crippen molar-refractivity contribution in [3.63, 3.8) is 0 Å². The van der Waals surface area contributed by atoms with Crippen LogP contribution in [0.5, 0.6) is 17.2 Å². The molecule has 0 bridgehead atoms. The quantitative estimate of drug-likeness (QED) is 0.471. The molecule has 4 aromatic rings. The summed E-state index contributed by atoms with van der Waals surface area (Å²) in [4.78, 5) is 9.53. The van der Waals surface area contributed by atoms with Crippen LogP contribution < -0.4 is 14.2 Å². The van der Waals surface area contributed by atoms with Gasteiger partial charge in [0.05, 0.1) is 43.2 Å². The molecule has 0 aliphatic heterocycles. The van der Waals surface area contributed by atoms with E-state index in [1.54, 1.807) is 32.7 Å². The maximum absolute atomic E-state index is 5.59. The smallest absolute Gasteiger partial charge is 0.164 e. The maximum Gasteiger partial charge on any atom is 0.164 e. The van der Waals surface area contributed by atoms with Crippen molar-refractivity contribution in [3.05, 3.63) is 60.0 Å². The van der Waals surface area contributed by atoms with E-state index in [-0.39, 0.29) is 0 Å². The van der Waals surface area contributed by atoms with Crippen molar-refractivity contribution in [2.75, 3.05) is 21.3 Å². The van der Waals surface area contributed by atoms with E-state index in [0.29, 0.717) is 23.1 Å². The molecule has 0 radical (unpaired) electrons. The van der Waals surface area contributed by atoms with Crippen LogP contribution in [0, 0.1) is 0 Å². The average molecular weight is 392 g/mol. The van der Waals surface area contributed by atoms with E-state index in [1.165, 1.54) is 0 Å². The maximum atomic E-state index is 5.59. The topological polar surface area (TPSA) is 56.4 Å². The van der Waals surface area contributed by atoms with E-state index >= 15 is 0 Å². The van der Waals surface area contributed by atoms with E-state index in [1.807, 2.05) is 36.4 Å². The highest BCUT2D eigenvalue weighted by Gasteiger charge is 2.20. The molecular formula is C22H20N2O3S. The molecule has 6 heteroatoms. The Kier molecular flexibility index (Phi) is 5.04. The molecule has 2 aromatic heterocycles. The number of nitrogens with zero attached hydrogens (tertiary/aromatic N) is 1. The number of imidazole rings is 1. The summed E-state index contributed by atoms with van der Waals surface area (Å²) < 4.78 is 16.5. The SMILES string of the molecule is COc1cc(OC)c(-c2nc(-c3ccccc3)c(-c3cccs3)[nH]2)cc1OC. The van der Waals surface area contributed by atoms with Crippen molar-refractivity contribution < 1.29 is 14.2 Å². The van der Waals surface area contributed by atoms with Crippen LogP contribution in [0.15, 0.2) is 60.0 Å². The summed E-state index contributed by atoms with van der Waals surface area (Å²) in [5, 5.41) is 2.06. The fraction of sp³-hybridized carbons (Fsp3) is 0.136. The van der Waals surface area contributed by atoms with Crippen molar-refractivity contribution in [2.45, 2.75) is 0 Å². The molecule has 0 unspecified atom stereocenters. The fourth-order valence-corrected chi connectivity index (χ4v) is 3.85. The van der Waals surface area contributed by atoms with Crippen LogP contribution in [0.3, 0.4) is 0 Å². The number of nitrogens with one attached hydrogen (secondary N) is 1. The van der Waals surface area contributed by atoms with E-state index in [0.717, 1.165) is 27.4 Å². The van der Waals surface area contributed by atoms with Crippen LogP contribution in [0.1, 0.15) is 0 Å². The Morgan fingerprint density at radius 3 is 2.18 bits per heavy atom. The van der Waals surface area contributed by atoms with Gasteiger partial charge in [0.2, 0.25) is 0 Å². The third-order valence-corrected chi connectivity index (χ3v) is 5.37. The summed E-state index contributed by atoms with van der Waals surface area (Å²) in [5.74, 6) is 2.59. The molecule has 0 saturated carbocycles. The van der Waals surface area contributed by atoms with Crippen LogP contribution in [-0.2, 0) is 0 Å². The highest BCUT2D eigenvalue weighted by Crippen LogP contribution is 2.42. The number of aromatic nitrogens is 2. The van der Waals surface area contributed by atoms with Gasteiger partial charge in [0.15, 0.2) is 11.5 Å². The first-order chi connectivity index (χ1) is 13.7. The summed E-state index contributed by atoms with van der Waals surface area (Å²) >= 11 is 1.67. The lowest BCUT2D eigenvalue weighted by Crippen LogP contribution is -1.95. The summed E-state index contributed by atoms with van der Waals surface area (Å²) in [5.41, 5.74) is 3.73. The lowest BCUT2D eigenvalue weighted by Gasteiger charge is -2.12. The Hall–Kier alpha value is -3.25. The third-order valence-electron chi connectivity index (χ3n) is 4.48. The van der Waals surface area contributed by atoms with Crippen molar-refractivity contribution in [1.82, 2.24) is 9.97 Å². The second kappa shape index (κ2) is 7.78. The van der Waals surface area contributed by atoms with E-state index in [4.69, 9.17) is 19.2 Å². The molecule has 142 valence electrons. The second-order valence-corrected chi connectivity index (χ2v) is 7.01. The summed E-state index contributed by atoms with van der Waals surface area (Å²) in [6, 6.07) is 17.9. The summed E-state index contributed by atoms with van der Waals surface area (Å²) in [6.07, 6.45) is 0. The van der Waals surface area contributed by atoms with Gasteiger partial charge in [0.25, 0.3) is 0 Å². The highest BCUT2D eigenvalue weighted by molar-refractivity contribution is 7.13. The number of methoxy groups -OCH3 is 3. The predicted molar refractivity (Wildman–Crippen MR) is 112 cm³/mol. The van der Waals surface area contributed by atoms with Gasteiger partial charge in [0, 0.05) is 11.6 Å². The minimum atomic E-state index is 0.608. The van der Waals surface area contributed by atoms with Crippen LogP contribution in [0.25, 0.3) is 33.2 Å². The first kappa shape index (κ1) is 18.1. The zero-order chi connectivity index (χ0) is 19.5. The van der Waals surface area contributed by atoms with Crippen molar-refractivity contribution >= 4 is 11.3 Å². The lowest BCUT2D eigenvalue weighted by molar-refractivity contribution is 0.349. The molecule has 2 heterocycles. The number of H-pyrrole nitrogens is 1. The Morgan fingerprint density at radius 1 is 0.821 bits per heavy atom. The van der Waals surface area contributed by atoms with Gasteiger partial charge >= 0.3 is 0 Å². The average Bonchev–Trinajstić information content (AvgIpc) is 3.43. The van der Waals surface area contributed by atoms with Crippen LogP contribution in [0.2, 0.25) is 0 Å². The van der Waals surface area contributed by atoms with Crippen molar-refractivity contribution in [3.8, 4) is 50.5 Å². The molecule has 0 aliphatic rings. The minimum absolute atomic E-state index is 0.608. The molecule has 0 saturated heterocycles. The molecule has 0 aliphatic carbocycles. The van der Waals surface area contributed by atoms with Gasteiger partial charge in [-0.3, -0.25) is 0 Å². The molecule has 5 nitrogen and oxygen atoms in total. The fourth-order valence-electron chi connectivity index (χ4n) is 3.12. The van der Waals surface area contributed by atoms with Gasteiger partial charge in [-0.25, -0.2) is 4.98 Å². The zero-order valence-corrected chi connectivity index (χ0v) is 16.7. The van der Waals surface area contributed by atoms with Gasteiger partial charge in [0.1, 0.15) is 11.6 Å². The van der Waals surface area contributed by atoms with Crippen LogP contribution in [0.4, 0.5) is 0 Å². The molecule has 2 aromatic carbocycles. The Labute approximate surface area is 167 Å². The van der Waals surface area contributed by atoms with E-state index in [9.17, 15) is 0 Å². The molecule has 1 N–H and O–H groups in total. The van der Waals surface area contributed by atoms with Crippen LogP contribution in [-0.4, -0.2) is 31.3 Å². The van der Waals surface area contributed by atoms with E-state index in [2.05, 4.69) is 28.6 Å². The number of ether oxygens (including phenoxy) is 3. The summed E-state index contributed by atoms with van der Waals surface area (Å²) in [6.45, 7) is 0. The standard InChI is InChI=1S/C22H20N2O3S/c1-25-16-13-18(27-3)17(26-2)12-15(16)22-23-20(14-8-5-4-6-9-14)21(24-22)19-10-7-11-28-19/h4-13H,1-3H3,(H,23,24). The first-order valence-electron chi connectivity index (χ1n) is 8.74. The van der Waals surface area contributed by atoms with E-state index < -0.39 is 0 Å². The number of benzene rings is 2. The van der Waals surface area contributed by atoms with Gasteiger partial charge in [-0.2, -0.15) is 0 Å².